The molecule has 134 valence electrons. The molecule has 1 fully saturated rings. The summed E-state index contributed by atoms with van der Waals surface area (Å²) in [5, 5.41) is 2.97. The van der Waals surface area contributed by atoms with Crippen molar-refractivity contribution in [3.63, 3.8) is 0 Å². The van der Waals surface area contributed by atoms with Crippen LogP contribution in [-0.4, -0.2) is 36.2 Å². The lowest BCUT2D eigenvalue weighted by molar-refractivity contribution is 0.0124. The Balaban J connectivity index is 2.05. The highest BCUT2D eigenvalue weighted by molar-refractivity contribution is 5.87. The zero-order chi connectivity index (χ0) is 17.7. The number of nitrogens with one attached hydrogen (secondary N) is 1. The molecule has 0 saturated heterocycles. The molecule has 24 heavy (non-hydrogen) atoms. The molecule has 0 aliphatic heterocycles. The van der Waals surface area contributed by atoms with Gasteiger partial charge < -0.3 is 4.74 Å². The molecule has 1 aliphatic carbocycles. The van der Waals surface area contributed by atoms with Gasteiger partial charge in [-0.3, -0.25) is 10.2 Å². The minimum atomic E-state index is -0.325. The molecule has 4 heteroatoms. The first-order valence-corrected chi connectivity index (χ1v) is 9.25. The number of anilines is 1. The van der Waals surface area contributed by atoms with Gasteiger partial charge in [0.05, 0.1) is 0 Å². The van der Waals surface area contributed by atoms with Gasteiger partial charge in [-0.2, -0.15) is 0 Å². The first-order valence-electron chi connectivity index (χ1n) is 9.25. The van der Waals surface area contributed by atoms with Crippen molar-refractivity contribution in [2.45, 2.75) is 72.4 Å². The number of nitrogens with zero attached hydrogens (tertiary/aromatic N) is 1. The van der Waals surface area contributed by atoms with E-state index in [1.165, 1.54) is 12.0 Å². The van der Waals surface area contributed by atoms with Gasteiger partial charge in [-0.25, -0.2) is 4.79 Å². The molecule has 4 nitrogen and oxygen atoms in total. The summed E-state index contributed by atoms with van der Waals surface area (Å²) >= 11 is 0. The van der Waals surface area contributed by atoms with Gasteiger partial charge in [0.1, 0.15) is 6.10 Å². The lowest BCUT2D eigenvalue weighted by atomic mass is 9.91. The minimum absolute atomic E-state index is 0.00953. The maximum Gasteiger partial charge on any atom is 0.411 e. The summed E-state index contributed by atoms with van der Waals surface area (Å²) in [4.78, 5) is 14.9. The van der Waals surface area contributed by atoms with Crippen LogP contribution in [0.3, 0.4) is 0 Å². The second-order valence-electron chi connectivity index (χ2n) is 6.92. The highest BCUT2D eigenvalue weighted by Gasteiger charge is 2.31. The second kappa shape index (κ2) is 8.52. The van der Waals surface area contributed by atoms with E-state index >= 15 is 0 Å². The topological polar surface area (TPSA) is 41.6 Å². The summed E-state index contributed by atoms with van der Waals surface area (Å²) in [5.74, 6) is 0. The molecule has 0 heterocycles. The molecule has 1 aliphatic rings. The number of aryl methyl sites for hydroxylation is 3. The molecule has 2 rings (SSSR count). The van der Waals surface area contributed by atoms with Gasteiger partial charge in [0.25, 0.3) is 0 Å². The van der Waals surface area contributed by atoms with Crippen molar-refractivity contribution in [3.05, 3.63) is 28.8 Å². The van der Waals surface area contributed by atoms with E-state index in [0.29, 0.717) is 6.04 Å². The smallest absolute Gasteiger partial charge is 0.411 e. The number of ether oxygens (including phenoxy) is 1. The molecule has 1 aromatic rings. The lowest BCUT2D eigenvalue weighted by Gasteiger charge is -2.38. The third-order valence-electron chi connectivity index (χ3n) is 5.11. The summed E-state index contributed by atoms with van der Waals surface area (Å²) in [5.41, 5.74) is 4.24. The van der Waals surface area contributed by atoms with Crippen LogP contribution < -0.4 is 5.32 Å². The summed E-state index contributed by atoms with van der Waals surface area (Å²) < 4.78 is 5.84. The molecule has 1 amide bonds. The summed E-state index contributed by atoms with van der Waals surface area (Å²) in [6, 6.07) is 4.52. The van der Waals surface area contributed by atoms with Gasteiger partial charge in [-0.1, -0.05) is 38.0 Å². The molecule has 1 aromatic carbocycles. The molecule has 0 radical (unpaired) electrons. The maximum atomic E-state index is 12.5. The SMILES string of the molecule is CCN(CC)C1CCCCC1OC(=O)Nc1c(C)cc(C)cc1C. The predicted octanol–water partition coefficient (Wildman–Crippen LogP) is 4.81. The van der Waals surface area contributed by atoms with Gasteiger partial charge >= 0.3 is 6.09 Å². The molecule has 0 bridgehead atoms. The van der Waals surface area contributed by atoms with Crippen LogP contribution in [0, 0.1) is 20.8 Å². The fourth-order valence-electron chi connectivity index (χ4n) is 3.97. The quantitative estimate of drug-likeness (QED) is 0.841. The molecule has 0 aromatic heterocycles. The first-order chi connectivity index (χ1) is 11.5. The van der Waals surface area contributed by atoms with E-state index in [2.05, 4.69) is 43.1 Å². The second-order valence-corrected chi connectivity index (χ2v) is 6.92. The Bertz CT molecular complexity index is 544. The normalized spacial score (nSPS) is 20.9. The average Bonchev–Trinajstić information content (AvgIpc) is 2.53. The third kappa shape index (κ3) is 4.50. The van der Waals surface area contributed by atoms with E-state index in [4.69, 9.17) is 4.74 Å². The Kier molecular flexibility index (Phi) is 6.67. The molecule has 1 saturated carbocycles. The van der Waals surface area contributed by atoms with Crippen molar-refractivity contribution in [1.29, 1.82) is 0 Å². The van der Waals surface area contributed by atoms with E-state index in [0.717, 1.165) is 49.2 Å². The van der Waals surface area contributed by atoms with Crippen molar-refractivity contribution in [2.75, 3.05) is 18.4 Å². The highest BCUT2D eigenvalue weighted by Crippen LogP contribution is 2.27. The van der Waals surface area contributed by atoms with Gasteiger partial charge in [0.2, 0.25) is 0 Å². The number of likely N-dealkylation sites (N-methyl/N-ethyl adjacent to an activating group) is 1. The van der Waals surface area contributed by atoms with Crippen LogP contribution in [0.15, 0.2) is 12.1 Å². The van der Waals surface area contributed by atoms with Crippen molar-refractivity contribution in [1.82, 2.24) is 4.90 Å². The van der Waals surface area contributed by atoms with Crippen LogP contribution >= 0.6 is 0 Å². The van der Waals surface area contributed by atoms with E-state index < -0.39 is 0 Å². The zero-order valence-corrected chi connectivity index (χ0v) is 15.8. The third-order valence-corrected chi connectivity index (χ3v) is 5.11. The Morgan fingerprint density at radius 2 is 1.71 bits per heavy atom. The Hall–Kier alpha value is -1.55. The molecule has 1 N–H and O–H groups in total. The first kappa shape index (κ1) is 18.8. The largest absolute Gasteiger partial charge is 0.444 e. The van der Waals surface area contributed by atoms with E-state index in [1.807, 2.05) is 13.8 Å². The zero-order valence-electron chi connectivity index (χ0n) is 15.8. The van der Waals surface area contributed by atoms with E-state index in [-0.39, 0.29) is 12.2 Å². The summed E-state index contributed by atoms with van der Waals surface area (Å²) in [6.45, 7) is 12.5. The van der Waals surface area contributed by atoms with E-state index in [9.17, 15) is 4.79 Å². The van der Waals surface area contributed by atoms with Crippen LogP contribution in [0.5, 0.6) is 0 Å². The number of amides is 1. The number of carbonyl (C=O) groups is 1. The fourth-order valence-corrected chi connectivity index (χ4v) is 3.97. The number of hydrogen-bond acceptors (Lipinski definition) is 3. The van der Waals surface area contributed by atoms with Gasteiger partial charge in [-0.05, 0) is 64.3 Å². The Morgan fingerprint density at radius 3 is 2.29 bits per heavy atom. The van der Waals surface area contributed by atoms with Gasteiger partial charge in [-0.15, -0.1) is 0 Å². The highest BCUT2D eigenvalue weighted by atomic mass is 16.6. The summed E-state index contributed by atoms with van der Waals surface area (Å²) in [7, 11) is 0. The minimum Gasteiger partial charge on any atom is -0.444 e. The number of carbonyl (C=O) groups excluding carboxylic acids is 1. The van der Waals surface area contributed by atoms with Crippen LogP contribution in [0.25, 0.3) is 0 Å². The monoisotopic (exact) mass is 332 g/mol. The molecular weight excluding hydrogens is 300 g/mol. The predicted molar refractivity (Wildman–Crippen MR) is 99.7 cm³/mol. The Labute approximate surface area is 146 Å². The fraction of sp³-hybridized carbons (Fsp3) is 0.650. The number of hydrogen-bond donors (Lipinski definition) is 1. The number of rotatable bonds is 5. The van der Waals surface area contributed by atoms with Crippen LogP contribution in [0.2, 0.25) is 0 Å². The van der Waals surface area contributed by atoms with Gasteiger partial charge in [0, 0.05) is 11.7 Å². The van der Waals surface area contributed by atoms with Crippen molar-refractivity contribution in [2.24, 2.45) is 0 Å². The molecular formula is C20H32N2O2. The Morgan fingerprint density at radius 1 is 1.12 bits per heavy atom. The molecule has 0 spiro atoms. The standard InChI is InChI=1S/C20H32N2O2/c1-6-22(7-2)17-10-8-9-11-18(17)24-20(23)21-19-15(4)12-14(3)13-16(19)5/h12-13,17-18H,6-11H2,1-5H3,(H,21,23). The van der Waals surface area contributed by atoms with Crippen LogP contribution in [-0.2, 0) is 4.74 Å². The van der Waals surface area contributed by atoms with Crippen LogP contribution in [0.4, 0.5) is 10.5 Å². The number of benzene rings is 1. The lowest BCUT2D eigenvalue weighted by Crippen LogP contribution is -2.47. The molecule has 2 unspecified atom stereocenters. The average molecular weight is 332 g/mol. The van der Waals surface area contributed by atoms with Crippen molar-refractivity contribution in [3.8, 4) is 0 Å². The molecule has 2 atom stereocenters. The maximum absolute atomic E-state index is 12.5. The van der Waals surface area contributed by atoms with Crippen molar-refractivity contribution < 1.29 is 9.53 Å². The van der Waals surface area contributed by atoms with E-state index in [1.54, 1.807) is 0 Å². The van der Waals surface area contributed by atoms with Gasteiger partial charge in [0.15, 0.2) is 0 Å². The van der Waals surface area contributed by atoms with Crippen LogP contribution in [0.1, 0.15) is 56.2 Å². The van der Waals surface area contributed by atoms with Crippen molar-refractivity contribution >= 4 is 11.8 Å². The summed E-state index contributed by atoms with van der Waals surface area (Å²) in [6.07, 6.45) is 4.10.